The summed E-state index contributed by atoms with van der Waals surface area (Å²) in [6, 6.07) is 0. The number of unbranched alkanes of at least 4 members (excludes halogenated alkanes) is 1. The molecule has 0 fully saturated rings. The summed E-state index contributed by atoms with van der Waals surface area (Å²) in [5.41, 5.74) is 0. The van der Waals surface area contributed by atoms with Gasteiger partial charge in [0.25, 0.3) is 0 Å². The molecule has 90 valence electrons. The maximum atomic E-state index is 11.3. The van der Waals surface area contributed by atoms with Crippen LogP contribution in [-0.2, 0) is 9.53 Å². The van der Waals surface area contributed by atoms with Gasteiger partial charge in [0.15, 0.2) is 0 Å². The lowest BCUT2D eigenvalue weighted by atomic mass is 10.2. The summed E-state index contributed by atoms with van der Waals surface area (Å²) in [6.45, 7) is 9.77. The van der Waals surface area contributed by atoms with Crippen LogP contribution in [0.4, 0.5) is 0 Å². The molecular formula is C12H25NO2. The van der Waals surface area contributed by atoms with Gasteiger partial charge in [0, 0.05) is 19.6 Å². The number of amides is 1. The molecule has 0 unspecified atom stereocenters. The number of rotatable bonds is 8. The summed E-state index contributed by atoms with van der Waals surface area (Å²) in [6.07, 6.45) is 2.79. The first-order valence-electron chi connectivity index (χ1n) is 5.90. The van der Waals surface area contributed by atoms with Crippen LogP contribution < -0.4 is 5.32 Å². The molecule has 0 aromatic rings. The zero-order valence-electron chi connectivity index (χ0n) is 10.5. The second-order valence-corrected chi connectivity index (χ2v) is 4.57. The van der Waals surface area contributed by atoms with Crippen LogP contribution in [0.15, 0.2) is 0 Å². The lowest BCUT2D eigenvalue weighted by molar-refractivity contribution is -0.121. The van der Waals surface area contributed by atoms with Crippen molar-refractivity contribution in [2.24, 2.45) is 5.92 Å². The molecule has 0 aromatic carbocycles. The predicted octanol–water partition coefficient (Wildman–Crippen LogP) is 2.35. The van der Waals surface area contributed by atoms with Crippen molar-refractivity contribution in [3.63, 3.8) is 0 Å². The minimum Gasteiger partial charge on any atom is -0.379 e. The van der Waals surface area contributed by atoms with Crippen molar-refractivity contribution in [1.82, 2.24) is 5.32 Å². The van der Waals surface area contributed by atoms with Gasteiger partial charge in [-0.15, -0.1) is 0 Å². The van der Waals surface area contributed by atoms with E-state index in [-0.39, 0.29) is 5.91 Å². The van der Waals surface area contributed by atoms with Gasteiger partial charge in [0.05, 0.1) is 6.10 Å². The molecule has 3 nitrogen and oxygen atoms in total. The van der Waals surface area contributed by atoms with E-state index in [1.807, 2.05) is 13.8 Å². The van der Waals surface area contributed by atoms with Crippen molar-refractivity contribution >= 4 is 5.91 Å². The molecule has 1 N–H and O–H groups in total. The molecule has 0 rings (SSSR count). The Hall–Kier alpha value is -0.570. The first-order chi connectivity index (χ1) is 7.02. The van der Waals surface area contributed by atoms with E-state index >= 15 is 0 Å². The average molecular weight is 215 g/mol. The Morgan fingerprint density at radius 2 is 1.87 bits per heavy atom. The molecule has 1 amide bonds. The van der Waals surface area contributed by atoms with Crippen molar-refractivity contribution in [3.8, 4) is 0 Å². The van der Waals surface area contributed by atoms with Gasteiger partial charge < -0.3 is 10.1 Å². The van der Waals surface area contributed by atoms with Crippen LogP contribution in [0.3, 0.4) is 0 Å². The Morgan fingerprint density at radius 1 is 1.20 bits per heavy atom. The molecule has 0 saturated carbocycles. The van der Waals surface area contributed by atoms with Gasteiger partial charge in [-0.05, 0) is 32.6 Å². The van der Waals surface area contributed by atoms with Crippen molar-refractivity contribution in [2.45, 2.75) is 53.1 Å². The zero-order valence-corrected chi connectivity index (χ0v) is 10.5. The highest BCUT2D eigenvalue weighted by Crippen LogP contribution is 1.98. The topological polar surface area (TPSA) is 38.3 Å². The number of ether oxygens (including phenoxy) is 1. The first-order valence-corrected chi connectivity index (χ1v) is 5.90. The molecule has 0 spiro atoms. The van der Waals surface area contributed by atoms with Gasteiger partial charge in [0.1, 0.15) is 0 Å². The van der Waals surface area contributed by atoms with E-state index in [1.54, 1.807) is 0 Å². The van der Waals surface area contributed by atoms with Crippen molar-refractivity contribution in [2.75, 3.05) is 13.2 Å². The van der Waals surface area contributed by atoms with Crippen LogP contribution >= 0.6 is 0 Å². The molecule has 0 radical (unpaired) electrons. The van der Waals surface area contributed by atoms with Crippen molar-refractivity contribution < 1.29 is 9.53 Å². The summed E-state index contributed by atoms with van der Waals surface area (Å²) in [5.74, 6) is 0.687. The van der Waals surface area contributed by atoms with Crippen LogP contribution in [0.5, 0.6) is 0 Å². The highest BCUT2D eigenvalue weighted by atomic mass is 16.5. The second-order valence-electron chi connectivity index (χ2n) is 4.57. The molecular weight excluding hydrogens is 190 g/mol. The standard InChI is InChI=1S/C12H25NO2/c1-10(2)9-13-12(14)7-5-6-8-15-11(3)4/h10-11H,5-9H2,1-4H3,(H,13,14). The van der Waals surface area contributed by atoms with E-state index < -0.39 is 0 Å². The lowest BCUT2D eigenvalue weighted by Crippen LogP contribution is -2.27. The van der Waals surface area contributed by atoms with Gasteiger partial charge in [0.2, 0.25) is 5.91 Å². The summed E-state index contributed by atoms with van der Waals surface area (Å²) >= 11 is 0. The van der Waals surface area contributed by atoms with Crippen LogP contribution in [0.1, 0.15) is 47.0 Å². The minimum absolute atomic E-state index is 0.160. The summed E-state index contributed by atoms with van der Waals surface area (Å²) in [5, 5.41) is 2.90. The minimum atomic E-state index is 0.160. The second kappa shape index (κ2) is 8.72. The number of nitrogens with one attached hydrogen (secondary N) is 1. The van der Waals surface area contributed by atoms with Gasteiger partial charge in [-0.2, -0.15) is 0 Å². The smallest absolute Gasteiger partial charge is 0.220 e. The Labute approximate surface area is 93.6 Å². The largest absolute Gasteiger partial charge is 0.379 e. The number of carbonyl (C=O) groups is 1. The van der Waals surface area contributed by atoms with E-state index in [2.05, 4.69) is 19.2 Å². The summed E-state index contributed by atoms with van der Waals surface area (Å²) in [7, 11) is 0. The first kappa shape index (κ1) is 14.4. The quantitative estimate of drug-likeness (QED) is 0.631. The Balaban J connectivity index is 3.24. The molecule has 0 bridgehead atoms. The fourth-order valence-corrected chi connectivity index (χ4v) is 1.11. The molecule has 0 aliphatic carbocycles. The maximum absolute atomic E-state index is 11.3. The molecule has 0 atom stereocenters. The normalized spacial score (nSPS) is 11.1. The molecule has 3 heteroatoms. The van der Waals surface area contributed by atoms with E-state index in [9.17, 15) is 4.79 Å². The average Bonchev–Trinajstić information content (AvgIpc) is 2.13. The Bertz CT molecular complexity index is 167. The zero-order chi connectivity index (χ0) is 11.7. The molecule has 0 saturated heterocycles. The van der Waals surface area contributed by atoms with Crippen LogP contribution in [0.25, 0.3) is 0 Å². The third-order valence-electron chi connectivity index (χ3n) is 1.96. The molecule has 0 aliphatic heterocycles. The molecule has 0 aliphatic rings. The summed E-state index contributed by atoms with van der Waals surface area (Å²) in [4.78, 5) is 11.3. The highest BCUT2D eigenvalue weighted by molar-refractivity contribution is 5.75. The Kier molecular flexibility index (Phi) is 8.38. The highest BCUT2D eigenvalue weighted by Gasteiger charge is 2.02. The third kappa shape index (κ3) is 11.4. The fourth-order valence-electron chi connectivity index (χ4n) is 1.11. The van der Waals surface area contributed by atoms with Crippen LogP contribution in [0, 0.1) is 5.92 Å². The molecule has 0 heterocycles. The fraction of sp³-hybridized carbons (Fsp3) is 0.917. The van der Waals surface area contributed by atoms with Crippen molar-refractivity contribution in [1.29, 1.82) is 0 Å². The number of hydrogen-bond donors (Lipinski definition) is 1. The number of hydrogen-bond acceptors (Lipinski definition) is 2. The van der Waals surface area contributed by atoms with Crippen molar-refractivity contribution in [3.05, 3.63) is 0 Å². The van der Waals surface area contributed by atoms with Gasteiger partial charge in [-0.3, -0.25) is 4.79 Å². The summed E-state index contributed by atoms with van der Waals surface area (Å²) < 4.78 is 5.39. The lowest BCUT2D eigenvalue weighted by Gasteiger charge is -2.08. The van der Waals surface area contributed by atoms with E-state index in [1.165, 1.54) is 0 Å². The molecule has 15 heavy (non-hydrogen) atoms. The van der Waals surface area contributed by atoms with Gasteiger partial charge in [-0.1, -0.05) is 13.8 Å². The maximum Gasteiger partial charge on any atom is 0.220 e. The van der Waals surface area contributed by atoms with E-state index in [4.69, 9.17) is 4.74 Å². The predicted molar refractivity (Wildman–Crippen MR) is 62.8 cm³/mol. The Morgan fingerprint density at radius 3 is 2.40 bits per heavy atom. The third-order valence-corrected chi connectivity index (χ3v) is 1.96. The monoisotopic (exact) mass is 215 g/mol. The SMILES string of the molecule is CC(C)CNC(=O)CCCCOC(C)C. The van der Waals surface area contributed by atoms with E-state index in [0.29, 0.717) is 18.4 Å². The number of carbonyl (C=O) groups excluding carboxylic acids is 1. The van der Waals surface area contributed by atoms with Crippen LogP contribution in [0.2, 0.25) is 0 Å². The van der Waals surface area contributed by atoms with Gasteiger partial charge in [-0.25, -0.2) is 0 Å². The van der Waals surface area contributed by atoms with Gasteiger partial charge >= 0.3 is 0 Å². The van der Waals surface area contributed by atoms with E-state index in [0.717, 1.165) is 26.0 Å². The molecule has 0 aromatic heterocycles. The van der Waals surface area contributed by atoms with Crippen LogP contribution in [-0.4, -0.2) is 25.2 Å².